The van der Waals surface area contributed by atoms with Gasteiger partial charge in [-0.2, -0.15) is 0 Å². The van der Waals surface area contributed by atoms with Crippen LogP contribution in [0.25, 0.3) is 0 Å². The number of rotatable bonds is 12. The summed E-state index contributed by atoms with van der Waals surface area (Å²) in [4.78, 5) is 28.7. The van der Waals surface area contributed by atoms with Crippen molar-refractivity contribution in [2.45, 2.75) is 77.4 Å². The largest absolute Gasteiger partial charge is 0.352 e. The number of aryl methyl sites for hydroxylation is 1. The van der Waals surface area contributed by atoms with E-state index in [9.17, 15) is 18.0 Å². The Kier molecular flexibility index (Phi) is 11.5. The summed E-state index contributed by atoms with van der Waals surface area (Å²) < 4.78 is 29.1. The number of nitrogens with zero attached hydrogens (tertiary/aromatic N) is 2. The number of sulfonamides is 1. The first-order valence-electron chi connectivity index (χ1n) is 14.0. The van der Waals surface area contributed by atoms with Gasteiger partial charge in [-0.15, -0.1) is 0 Å². The fraction of sp³-hybridized carbons (Fsp3) is 0.375. The lowest BCUT2D eigenvalue weighted by Gasteiger charge is -2.32. The molecule has 0 aliphatic rings. The summed E-state index contributed by atoms with van der Waals surface area (Å²) in [5.41, 5.74) is 2.86. The van der Waals surface area contributed by atoms with Crippen molar-refractivity contribution >= 4 is 50.7 Å². The fourth-order valence-corrected chi connectivity index (χ4v) is 6.16. The van der Waals surface area contributed by atoms with Gasteiger partial charge in [0.15, 0.2) is 0 Å². The number of benzene rings is 3. The number of anilines is 1. The second-order valence-corrected chi connectivity index (χ2v) is 13.5. The average molecular weight is 633 g/mol. The van der Waals surface area contributed by atoms with E-state index in [1.54, 1.807) is 49.4 Å². The standard InChI is InChI=1S/C32H39Cl2N3O4S/c1-7-23(5)35-32(39)24(6)36(19-26-10-13-27(33)18-30(26)34)31(38)20-37(28-14-11-25(12-15-28)21(2)3)42(40,41)29-16-8-22(4)9-17-29/h8-18,21,23-24H,7,19-20H2,1-6H3,(H,35,39)/t23-,24-/m1/s1. The van der Waals surface area contributed by atoms with Crippen LogP contribution in [0.2, 0.25) is 10.0 Å². The number of amides is 2. The molecule has 0 saturated carbocycles. The van der Waals surface area contributed by atoms with Gasteiger partial charge >= 0.3 is 0 Å². The molecule has 0 saturated heterocycles. The smallest absolute Gasteiger partial charge is 0.264 e. The molecule has 10 heteroatoms. The SMILES string of the molecule is CC[C@@H](C)NC(=O)[C@@H](C)N(Cc1ccc(Cl)cc1Cl)C(=O)CN(c1ccc(C(C)C)cc1)S(=O)(=O)c1ccc(C)cc1. The highest BCUT2D eigenvalue weighted by Gasteiger charge is 2.33. The number of hydrogen-bond donors (Lipinski definition) is 1. The molecule has 0 fully saturated rings. The first-order chi connectivity index (χ1) is 19.7. The molecule has 0 spiro atoms. The van der Waals surface area contributed by atoms with E-state index in [1.165, 1.54) is 17.0 Å². The van der Waals surface area contributed by atoms with Gasteiger partial charge in [-0.3, -0.25) is 13.9 Å². The van der Waals surface area contributed by atoms with Crippen molar-refractivity contribution in [2.24, 2.45) is 0 Å². The van der Waals surface area contributed by atoms with E-state index in [4.69, 9.17) is 23.2 Å². The van der Waals surface area contributed by atoms with Crippen LogP contribution in [-0.4, -0.2) is 43.8 Å². The van der Waals surface area contributed by atoms with Crippen LogP contribution in [0, 0.1) is 6.92 Å². The molecule has 3 aromatic carbocycles. The Bertz CT molecular complexity index is 1490. The van der Waals surface area contributed by atoms with E-state index in [2.05, 4.69) is 5.32 Å². The van der Waals surface area contributed by atoms with Gasteiger partial charge in [-0.05, 0) is 80.6 Å². The predicted octanol–water partition coefficient (Wildman–Crippen LogP) is 6.95. The molecule has 42 heavy (non-hydrogen) atoms. The normalized spacial score (nSPS) is 13.0. The highest BCUT2D eigenvalue weighted by atomic mass is 35.5. The summed E-state index contributed by atoms with van der Waals surface area (Å²) in [5, 5.41) is 3.69. The first kappa shape index (κ1) is 33.4. The molecular weight excluding hydrogens is 593 g/mol. The zero-order chi connectivity index (χ0) is 31.2. The molecule has 0 bridgehead atoms. The van der Waals surface area contributed by atoms with E-state index >= 15 is 0 Å². The molecule has 1 N–H and O–H groups in total. The molecule has 0 radical (unpaired) electrons. The molecule has 3 aromatic rings. The van der Waals surface area contributed by atoms with E-state index in [1.807, 2.05) is 46.8 Å². The highest BCUT2D eigenvalue weighted by molar-refractivity contribution is 7.92. The Morgan fingerprint density at radius 2 is 1.52 bits per heavy atom. The van der Waals surface area contributed by atoms with Crippen LogP contribution in [-0.2, 0) is 26.2 Å². The molecule has 2 amide bonds. The lowest BCUT2D eigenvalue weighted by molar-refractivity contribution is -0.139. The van der Waals surface area contributed by atoms with Crippen LogP contribution in [0.1, 0.15) is 63.6 Å². The summed E-state index contributed by atoms with van der Waals surface area (Å²) in [6.45, 7) is 10.9. The molecule has 3 rings (SSSR count). The minimum absolute atomic E-state index is 0.0192. The summed E-state index contributed by atoms with van der Waals surface area (Å²) in [7, 11) is -4.15. The number of carbonyl (C=O) groups excluding carboxylic acids is 2. The summed E-state index contributed by atoms with van der Waals surface area (Å²) in [6.07, 6.45) is 0.713. The molecule has 0 aliphatic heterocycles. The third kappa shape index (κ3) is 8.27. The quantitative estimate of drug-likeness (QED) is 0.234. The Hall–Kier alpha value is -3.07. The molecule has 0 heterocycles. The van der Waals surface area contributed by atoms with Gasteiger partial charge in [-0.25, -0.2) is 8.42 Å². The van der Waals surface area contributed by atoms with Crippen LogP contribution in [0.3, 0.4) is 0 Å². The number of carbonyl (C=O) groups is 2. The topological polar surface area (TPSA) is 86.8 Å². The molecule has 2 atom stereocenters. The van der Waals surface area contributed by atoms with Gasteiger partial charge in [0.25, 0.3) is 10.0 Å². The van der Waals surface area contributed by atoms with Crippen molar-refractivity contribution in [3.63, 3.8) is 0 Å². The third-order valence-electron chi connectivity index (χ3n) is 7.26. The number of hydrogen-bond acceptors (Lipinski definition) is 4. The Labute approximate surface area is 259 Å². The van der Waals surface area contributed by atoms with E-state index < -0.39 is 28.5 Å². The van der Waals surface area contributed by atoms with Crippen LogP contribution < -0.4 is 9.62 Å². The number of nitrogens with one attached hydrogen (secondary N) is 1. The van der Waals surface area contributed by atoms with Gasteiger partial charge < -0.3 is 10.2 Å². The third-order valence-corrected chi connectivity index (χ3v) is 9.63. The summed E-state index contributed by atoms with van der Waals surface area (Å²) in [6, 6.07) is 17.5. The van der Waals surface area contributed by atoms with Crippen molar-refractivity contribution in [3.05, 3.63) is 93.5 Å². The molecule has 0 aliphatic carbocycles. The average Bonchev–Trinajstić information content (AvgIpc) is 2.95. The summed E-state index contributed by atoms with van der Waals surface area (Å²) in [5.74, 6) is -0.666. The Morgan fingerprint density at radius 3 is 2.07 bits per heavy atom. The van der Waals surface area contributed by atoms with Crippen LogP contribution >= 0.6 is 23.2 Å². The lowest BCUT2D eigenvalue weighted by atomic mass is 10.0. The van der Waals surface area contributed by atoms with Crippen molar-refractivity contribution in [2.75, 3.05) is 10.8 Å². The maximum Gasteiger partial charge on any atom is 0.264 e. The number of halogens is 2. The molecule has 226 valence electrons. The maximum atomic E-state index is 14.1. The van der Waals surface area contributed by atoms with Crippen LogP contribution in [0.4, 0.5) is 5.69 Å². The second kappa shape index (κ2) is 14.4. The molecular formula is C32H39Cl2N3O4S. The van der Waals surface area contributed by atoms with Crippen molar-refractivity contribution in [1.82, 2.24) is 10.2 Å². The fourth-order valence-electron chi connectivity index (χ4n) is 4.27. The van der Waals surface area contributed by atoms with Crippen LogP contribution in [0.15, 0.2) is 71.6 Å². The van der Waals surface area contributed by atoms with Gasteiger partial charge in [0.2, 0.25) is 11.8 Å². The van der Waals surface area contributed by atoms with Gasteiger partial charge in [-0.1, -0.05) is 79.9 Å². The van der Waals surface area contributed by atoms with Gasteiger partial charge in [0.1, 0.15) is 12.6 Å². The first-order valence-corrected chi connectivity index (χ1v) is 16.2. The minimum Gasteiger partial charge on any atom is -0.352 e. The van der Waals surface area contributed by atoms with E-state index in [0.29, 0.717) is 27.7 Å². The monoisotopic (exact) mass is 631 g/mol. The Morgan fingerprint density at radius 1 is 0.905 bits per heavy atom. The lowest BCUT2D eigenvalue weighted by Crippen LogP contribution is -2.52. The maximum absolute atomic E-state index is 14.1. The van der Waals surface area contributed by atoms with Crippen molar-refractivity contribution in [3.8, 4) is 0 Å². The molecule has 0 aromatic heterocycles. The predicted molar refractivity (Wildman–Crippen MR) is 171 cm³/mol. The van der Waals surface area contributed by atoms with Crippen LogP contribution in [0.5, 0.6) is 0 Å². The zero-order valence-corrected chi connectivity index (χ0v) is 27.2. The highest BCUT2D eigenvalue weighted by Crippen LogP contribution is 2.28. The Balaban J connectivity index is 2.06. The molecule has 0 unspecified atom stereocenters. The van der Waals surface area contributed by atoms with E-state index in [0.717, 1.165) is 15.4 Å². The second-order valence-electron chi connectivity index (χ2n) is 10.8. The van der Waals surface area contributed by atoms with Gasteiger partial charge in [0.05, 0.1) is 10.6 Å². The molecule has 7 nitrogen and oxygen atoms in total. The summed E-state index contributed by atoms with van der Waals surface area (Å²) >= 11 is 12.5. The van der Waals surface area contributed by atoms with Gasteiger partial charge in [0, 0.05) is 22.6 Å². The minimum atomic E-state index is -4.15. The zero-order valence-electron chi connectivity index (χ0n) is 24.9. The van der Waals surface area contributed by atoms with E-state index in [-0.39, 0.29) is 29.3 Å². The van der Waals surface area contributed by atoms with Crippen molar-refractivity contribution in [1.29, 1.82) is 0 Å². The van der Waals surface area contributed by atoms with Crippen molar-refractivity contribution < 1.29 is 18.0 Å².